The quantitative estimate of drug-likeness (QED) is 0.849. The lowest BCUT2D eigenvalue weighted by molar-refractivity contribution is 0.135. The zero-order valence-corrected chi connectivity index (χ0v) is 12.7. The Morgan fingerprint density at radius 1 is 1.32 bits per heavy atom. The average molecular weight is 305 g/mol. The van der Waals surface area contributed by atoms with Gasteiger partial charge in [0.2, 0.25) is 0 Å². The van der Waals surface area contributed by atoms with Crippen molar-refractivity contribution in [2.24, 2.45) is 0 Å². The van der Waals surface area contributed by atoms with Crippen LogP contribution in [0.1, 0.15) is 42.6 Å². The molecule has 1 aromatic carbocycles. The first kappa shape index (κ1) is 15.1. The minimum atomic E-state index is -0.200. The van der Waals surface area contributed by atoms with Crippen LogP contribution in [-0.4, -0.2) is 28.7 Å². The predicted molar refractivity (Wildman–Crippen MR) is 78.4 cm³/mol. The smallest absolute Gasteiger partial charge is 0.252 e. The van der Waals surface area contributed by atoms with Gasteiger partial charge in [0.25, 0.3) is 5.89 Å². The number of likely N-dealkylation sites (tertiary alicyclic amines) is 1. The van der Waals surface area contributed by atoms with Crippen molar-refractivity contribution >= 4 is 0 Å². The zero-order valence-electron chi connectivity index (χ0n) is 12.7. The standard InChI is InChI=1S/C16H20FN3O2/c1-21-11-16-18-15(19-22-16)10-20-9-3-2-4-14(20)12-5-7-13(17)8-6-12/h5-8,14H,2-4,9-11H2,1H3/t14-/m1/s1. The fourth-order valence-corrected chi connectivity index (χ4v) is 2.96. The summed E-state index contributed by atoms with van der Waals surface area (Å²) >= 11 is 0. The van der Waals surface area contributed by atoms with E-state index >= 15 is 0 Å². The Balaban J connectivity index is 1.72. The van der Waals surface area contributed by atoms with Gasteiger partial charge in [-0.25, -0.2) is 4.39 Å². The summed E-state index contributed by atoms with van der Waals surface area (Å²) < 4.78 is 23.2. The van der Waals surface area contributed by atoms with E-state index < -0.39 is 0 Å². The molecule has 1 saturated heterocycles. The van der Waals surface area contributed by atoms with Crippen LogP contribution in [0.25, 0.3) is 0 Å². The van der Waals surface area contributed by atoms with Crippen molar-refractivity contribution in [3.8, 4) is 0 Å². The predicted octanol–water partition coefficient (Wildman–Crippen LogP) is 3.08. The van der Waals surface area contributed by atoms with Crippen molar-refractivity contribution in [3.05, 3.63) is 47.4 Å². The van der Waals surface area contributed by atoms with Gasteiger partial charge in [-0.15, -0.1) is 0 Å². The van der Waals surface area contributed by atoms with Gasteiger partial charge in [-0.3, -0.25) is 4.90 Å². The molecule has 1 atom stereocenters. The average Bonchev–Trinajstić information content (AvgIpc) is 2.96. The van der Waals surface area contributed by atoms with Crippen LogP contribution < -0.4 is 0 Å². The van der Waals surface area contributed by atoms with Crippen LogP contribution in [0, 0.1) is 5.82 Å². The van der Waals surface area contributed by atoms with Crippen molar-refractivity contribution in [1.29, 1.82) is 0 Å². The molecule has 0 saturated carbocycles. The van der Waals surface area contributed by atoms with E-state index in [0.29, 0.717) is 24.9 Å². The SMILES string of the molecule is COCc1nc(CN2CCCC[C@@H]2c2ccc(F)cc2)no1. The molecule has 2 aromatic rings. The number of hydrogen-bond acceptors (Lipinski definition) is 5. The van der Waals surface area contributed by atoms with Gasteiger partial charge in [-0.1, -0.05) is 23.7 Å². The third-order valence-corrected chi connectivity index (χ3v) is 3.99. The Hall–Kier alpha value is -1.79. The van der Waals surface area contributed by atoms with Gasteiger partial charge < -0.3 is 9.26 Å². The zero-order chi connectivity index (χ0) is 15.4. The highest BCUT2D eigenvalue weighted by atomic mass is 19.1. The monoisotopic (exact) mass is 305 g/mol. The maximum absolute atomic E-state index is 13.1. The number of aromatic nitrogens is 2. The normalized spacial score (nSPS) is 19.5. The lowest BCUT2D eigenvalue weighted by Gasteiger charge is -2.35. The number of piperidine rings is 1. The molecule has 2 heterocycles. The molecule has 3 rings (SSSR count). The number of nitrogens with zero attached hydrogens (tertiary/aromatic N) is 3. The van der Waals surface area contributed by atoms with E-state index in [1.54, 1.807) is 7.11 Å². The Morgan fingerprint density at radius 2 is 2.14 bits per heavy atom. The Kier molecular flexibility index (Phi) is 4.80. The second-order valence-electron chi connectivity index (χ2n) is 5.57. The lowest BCUT2D eigenvalue weighted by atomic mass is 9.95. The summed E-state index contributed by atoms with van der Waals surface area (Å²) in [5.74, 6) is 0.961. The van der Waals surface area contributed by atoms with Gasteiger partial charge in [0.05, 0.1) is 6.54 Å². The van der Waals surface area contributed by atoms with Crippen LogP contribution >= 0.6 is 0 Å². The van der Waals surface area contributed by atoms with Crippen molar-refractivity contribution in [1.82, 2.24) is 15.0 Å². The fourth-order valence-electron chi connectivity index (χ4n) is 2.96. The molecular weight excluding hydrogens is 285 g/mol. The molecule has 0 aliphatic carbocycles. The van der Waals surface area contributed by atoms with E-state index in [0.717, 1.165) is 24.9 Å². The number of rotatable bonds is 5. The largest absolute Gasteiger partial charge is 0.375 e. The molecule has 1 aromatic heterocycles. The van der Waals surface area contributed by atoms with Gasteiger partial charge in [0.15, 0.2) is 5.82 Å². The molecule has 22 heavy (non-hydrogen) atoms. The molecule has 5 nitrogen and oxygen atoms in total. The van der Waals surface area contributed by atoms with Gasteiger partial charge in [0, 0.05) is 13.2 Å². The Labute approximate surface area is 129 Å². The number of halogens is 1. The first-order valence-corrected chi connectivity index (χ1v) is 7.56. The van der Waals surface area contributed by atoms with E-state index in [9.17, 15) is 4.39 Å². The molecule has 1 aliphatic rings. The molecular formula is C16H20FN3O2. The molecule has 0 amide bonds. The summed E-state index contributed by atoms with van der Waals surface area (Å²) in [5.41, 5.74) is 1.14. The van der Waals surface area contributed by atoms with E-state index in [2.05, 4.69) is 15.0 Å². The van der Waals surface area contributed by atoms with E-state index in [1.165, 1.54) is 18.6 Å². The van der Waals surface area contributed by atoms with Crippen molar-refractivity contribution in [2.75, 3.05) is 13.7 Å². The van der Waals surface area contributed by atoms with Crippen molar-refractivity contribution in [2.45, 2.75) is 38.5 Å². The first-order chi connectivity index (χ1) is 10.8. The molecule has 0 spiro atoms. The number of hydrogen-bond donors (Lipinski definition) is 0. The molecule has 118 valence electrons. The minimum absolute atomic E-state index is 0.200. The molecule has 0 bridgehead atoms. The highest BCUT2D eigenvalue weighted by molar-refractivity contribution is 5.20. The number of ether oxygens (including phenoxy) is 1. The van der Waals surface area contributed by atoms with Crippen LogP contribution in [-0.2, 0) is 17.9 Å². The van der Waals surface area contributed by atoms with Crippen LogP contribution in [0.5, 0.6) is 0 Å². The molecule has 6 heteroatoms. The number of benzene rings is 1. The highest BCUT2D eigenvalue weighted by Crippen LogP contribution is 2.31. The van der Waals surface area contributed by atoms with Crippen LogP contribution in [0.15, 0.2) is 28.8 Å². The summed E-state index contributed by atoms with van der Waals surface area (Å²) in [6.07, 6.45) is 3.40. The second kappa shape index (κ2) is 6.98. The van der Waals surface area contributed by atoms with Crippen LogP contribution in [0.2, 0.25) is 0 Å². The first-order valence-electron chi connectivity index (χ1n) is 7.56. The maximum atomic E-state index is 13.1. The fraction of sp³-hybridized carbons (Fsp3) is 0.500. The summed E-state index contributed by atoms with van der Waals surface area (Å²) in [6, 6.07) is 7.05. The lowest BCUT2D eigenvalue weighted by Crippen LogP contribution is -2.33. The molecule has 1 aliphatic heterocycles. The van der Waals surface area contributed by atoms with E-state index in [-0.39, 0.29) is 11.9 Å². The van der Waals surface area contributed by atoms with Gasteiger partial charge in [-0.2, -0.15) is 4.98 Å². The topological polar surface area (TPSA) is 51.4 Å². The molecule has 0 unspecified atom stereocenters. The Bertz CT molecular complexity index is 600. The van der Waals surface area contributed by atoms with Crippen molar-refractivity contribution < 1.29 is 13.7 Å². The third-order valence-electron chi connectivity index (χ3n) is 3.99. The van der Waals surface area contributed by atoms with Crippen LogP contribution in [0.3, 0.4) is 0 Å². The van der Waals surface area contributed by atoms with E-state index in [4.69, 9.17) is 9.26 Å². The molecule has 0 radical (unpaired) electrons. The summed E-state index contributed by atoms with van der Waals surface area (Å²) in [4.78, 5) is 6.66. The number of methoxy groups -OCH3 is 1. The highest BCUT2D eigenvalue weighted by Gasteiger charge is 2.25. The molecule has 1 fully saturated rings. The molecule has 0 N–H and O–H groups in total. The van der Waals surface area contributed by atoms with Gasteiger partial charge in [0.1, 0.15) is 12.4 Å². The summed E-state index contributed by atoms with van der Waals surface area (Å²) in [6.45, 7) is 1.94. The van der Waals surface area contributed by atoms with Gasteiger partial charge >= 0.3 is 0 Å². The third kappa shape index (κ3) is 3.51. The summed E-state index contributed by atoms with van der Waals surface area (Å²) in [5, 5.41) is 4.00. The van der Waals surface area contributed by atoms with E-state index in [1.807, 2.05) is 12.1 Å². The second-order valence-corrected chi connectivity index (χ2v) is 5.57. The Morgan fingerprint density at radius 3 is 2.91 bits per heavy atom. The van der Waals surface area contributed by atoms with Gasteiger partial charge in [-0.05, 0) is 37.1 Å². The minimum Gasteiger partial charge on any atom is -0.375 e. The van der Waals surface area contributed by atoms with Crippen LogP contribution in [0.4, 0.5) is 4.39 Å². The van der Waals surface area contributed by atoms with Crippen molar-refractivity contribution in [3.63, 3.8) is 0 Å². The summed E-state index contributed by atoms with van der Waals surface area (Å²) in [7, 11) is 1.60. The maximum Gasteiger partial charge on any atom is 0.252 e.